The second-order valence-electron chi connectivity index (χ2n) is 5.25. The van der Waals surface area contributed by atoms with Gasteiger partial charge in [-0.25, -0.2) is 0 Å². The molecule has 21 heavy (non-hydrogen) atoms. The number of aryl methyl sites for hydroxylation is 1. The molecule has 1 N–H and O–H groups in total. The average Bonchev–Trinajstić information content (AvgIpc) is 3.09. The van der Waals surface area contributed by atoms with Crippen LogP contribution in [0.15, 0.2) is 24.3 Å². The van der Waals surface area contributed by atoms with Gasteiger partial charge in [-0.05, 0) is 25.3 Å². The van der Waals surface area contributed by atoms with Gasteiger partial charge in [-0.3, -0.25) is 9.48 Å². The number of rotatable bonds is 4. The van der Waals surface area contributed by atoms with Crippen molar-refractivity contribution < 1.29 is 9.53 Å². The van der Waals surface area contributed by atoms with Crippen molar-refractivity contribution in [2.45, 2.75) is 25.8 Å². The Kier molecular flexibility index (Phi) is 3.64. The lowest BCUT2D eigenvalue weighted by atomic mass is 10.1. The number of nitrogens with one attached hydrogen (secondary N) is 1. The van der Waals surface area contributed by atoms with Gasteiger partial charge in [0.2, 0.25) is 0 Å². The van der Waals surface area contributed by atoms with Crippen molar-refractivity contribution >= 4 is 5.91 Å². The quantitative estimate of drug-likeness (QED) is 0.932. The third-order valence-corrected chi connectivity index (χ3v) is 3.96. The Morgan fingerprint density at radius 1 is 1.38 bits per heavy atom. The van der Waals surface area contributed by atoms with Crippen molar-refractivity contribution in [2.24, 2.45) is 7.05 Å². The second kappa shape index (κ2) is 5.60. The highest BCUT2D eigenvalue weighted by Crippen LogP contribution is 2.24. The van der Waals surface area contributed by atoms with Crippen molar-refractivity contribution in [3.8, 4) is 5.75 Å². The third kappa shape index (κ3) is 2.51. The molecule has 0 saturated heterocycles. The molecule has 0 fully saturated rings. The Hall–Kier alpha value is -2.30. The van der Waals surface area contributed by atoms with E-state index in [1.54, 1.807) is 7.11 Å². The molecule has 0 unspecified atom stereocenters. The number of aromatic nitrogens is 2. The summed E-state index contributed by atoms with van der Waals surface area (Å²) in [6.45, 7) is 0.439. The molecule has 0 bridgehead atoms. The summed E-state index contributed by atoms with van der Waals surface area (Å²) in [6.07, 6.45) is 3.06. The number of carbonyl (C=O) groups excluding carboxylic acids is 1. The number of para-hydroxylation sites is 1. The molecular formula is C16H19N3O2. The van der Waals surface area contributed by atoms with E-state index in [0.717, 1.165) is 36.1 Å². The van der Waals surface area contributed by atoms with Crippen molar-refractivity contribution in [3.05, 3.63) is 46.8 Å². The Labute approximate surface area is 123 Å². The largest absolute Gasteiger partial charge is 0.496 e. The molecule has 1 amide bonds. The number of nitrogens with zero attached hydrogens (tertiary/aromatic N) is 2. The molecule has 0 radical (unpaired) electrons. The van der Waals surface area contributed by atoms with Crippen LogP contribution in [0, 0.1) is 0 Å². The first-order chi connectivity index (χ1) is 10.2. The number of hydrogen-bond donors (Lipinski definition) is 1. The summed E-state index contributed by atoms with van der Waals surface area (Å²) in [7, 11) is 3.54. The first-order valence-corrected chi connectivity index (χ1v) is 7.15. The highest BCUT2D eigenvalue weighted by molar-refractivity contribution is 5.94. The summed E-state index contributed by atoms with van der Waals surface area (Å²) < 4.78 is 7.12. The molecule has 5 heteroatoms. The zero-order valence-electron chi connectivity index (χ0n) is 12.3. The van der Waals surface area contributed by atoms with E-state index in [4.69, 9.17) is 4.74 Å². The van der Waals surface area contributed by atoms with Crippen LogP contribution in [-0.2, 0) is 26.4 Å². The Morgan fingerprint density at radius 2 is 2.19 bits per heavy atom. The Morgan fingerprint density at radius 3 is 3.00 bits per heavy atom. The smallest absolute Gasteiger partial charge is 0.272 e. The van der Waals surface area contributed by atoms with Gasteiger partial charge >= 0.3 is 0 Å². The normalized spacial score (nSPS) is 13.0. The lowest BCUT2D eigenvalue weighted by Crippen LogP contribution is -2.24. The minimum Gasteiger partial charge on any atom is -0.496 e. The van der Waals surface area contributed by atoms with Crippen LogP contribution < -0.4 is 10.1 Å². The lowest BCUT2D eigenvalue weighted by molar-refractivity contribution is 0.0944. The molecule has 0 atom stereocenters. The van der Waals surface area contributed by atoms with Gasteiger partial charge < -0.3 is 10.1 Å². The van der Waals surface area contributed by atoms with Gasteiger partial charge in [0, 0.05) is 30.4 Å². The predicted molar refractivity (Wildman–Crippen MR) is 79.4 cm³/mol. The highest BCUT2D eigenvalue weighted by Gasteiger charge is 2.24. The van der Waals surface area contributed by atoms with Gasteiger partial charge in [0.1, 0.15) is 5.75 Å². The zero-order chi connectivity index (χ0) is 14.8. The van der Waals surface area contributed by atoms with E-state index in [1.165, 1.54) is 5.69 Å². The number of amides is 1. The van der Waals surface area contributed by atoms with Gasteiger partial charge in [-0.1, -0.05) is 18.2 Å². The molecule has 1 aliphatic carbocycles. The maximum absolute atomic E-state index is 12.4. The first kappa shape index (κ1) is 13.7. The fraction of sp³-hybridized carbons (Fsp3) is 0.375. The zero-order valence-corrected chi connectivity index (χ0v) is 12.3. The van der Waals surface area contributed by atoms with E-state index in [1.807, 2.05) is 36.0 Å². The number of fused-ring (bicyclic) bond motifs is 1. The van der Waals surface area contributed by atoms with E-state index in [0.29, 0.717) is 12.2 Å². The van der Waals surface area contributed by atoms with Crippen molar-refractivity contribution in [2.75, 3.05) is 7.11 Å². The van der Waals surface area contributed by atoms with E-state index in [9.17, 15) is 4.79 Å². The number of carbonyl (C=O) groups is 1. The standard InChI is InChI=1S/C16H19N3O2/c1-19-13-8-5-7-12(13)15(18-19)16(20)17-10-11-6-3-4-9-14(11)21-2/h3-4,6,9H,5,7-8,10H2,1-2H3,(H,17,20). The second-order valence-corrected chi connectivity index (χ2v) is 5.25. The molecule has 1 aromatic carbocycles. The minimum absolute atomic E-state index is 0.111. The molecule has 0 aliphatic heterocycles. The van der Waals surface area contributed by atoms with Crippen molar-refractivity contribution in [1.29, 1.82) is 0 Å². The summed E-state index contributed by atoms with van der Waals surface area (Å²) in [5, 5.41) is 7.30. The van der Waals surface area contributed by atoms with Crippen molar-refractivity contribution in [1.82, 2.24) is 15.1 Å². The minimum atomic E-state index is -0.111. The van der Waals surface area contributed by atoms with Crippen LogP contribution in [0.2, 0.25) is 0 Å². The average molecular weight is 285 g/mol. The maximum Gasteiger partial charge on any atom is 0.272 e. The Bertz CT molecular complexity index is 676. The fourth-order valence-corrected chi connectivity index (χ4v) is 2.90. The summed E-state index contributed by atoms with van der Waals surface area (Å²) in [5.74, 6) is 0.670. The molecule has 0 spiro atoms. The number of benzene rings is 1. The monoisotopic (exact) mass is 285 g/mol. The predicted octanol–water partition coefficient (Wildman–Crippen LogP) is 1.85. The fourth-order valence-electron chi connectivity index (χ4n) is 2.90. The third-order valence-electron chi connectivity index (χ3n) is 3.96. The van der Waals surface area contributed by atoms with Crippen LogP contribution in [0.1, 0.15) is 33.7 Å². The molecule has 1 aliphatic rings. The van der Waals surface area contributed by atoms with E-state index >= 15 is 0 Å². The number of methoxy groups -OCH3 is 1. The summed E-state index contributed by atoms with van der Waals surface area (Å²) in [4.78, 5) is 12.4. The molecule has 2 aromatic rings. The highest BCUT2D eigenvalue weighted by atomic mass is 16.5. The molecule has 1 heterocycles. The number of hydrogen-bond acceptors (Lipinski definition) is 3. The summed E-state index contributed by atoms with van der Waals surface area (Å²) >= 11 is 0. The number of ether oxygens (including phenoxy) is 1. The van der Waals surface area contributed by atoms with E-state index in [-0.39, 0.29) is 5.91 Å². The molecular weight excluding hydrogens is 266 g/mol. The summed E-state index contributed by atoms with van der Waals surface area (Å²) in [5.41, 5.74) is 3.83. The van der Waals surface area contributed by atoms with Crippen LogP contribution in [-0.4, -0.2) is 22.8 Å². The van der Waals surface area contributed by atoms with Gasteiger partial charge in [0.05, 0.1) is 7.11 Å². The lowest BCUT2D eigenvalue weighted by Gasteiger charge is -2.09. The summed E-state index contributed by atoms with van der Waals surface area (Å²) in [6, 6.07) is 7.68. The maximum atomic E-state index is 12.4. The van der Waals surface area contributed by atoms with Gasteiger partial charge in [-0.2, -0.15) is 5.10 Å². The van der Waals surface area contributed by atoms with Crippen LogP contribution >= 0.6 is 0 Å². The SMILES string of the molecule is COc1ccccc1CNC(=O)c1nn(C)c2c1CCC2. The van der Waals surface area contributed by atoms with Gasteiger partial charge in [0.25, 0.3) is 5.91 Å². The van der Waals surface area contributed by atoms with E-state index < -0.39 is 0 Å². The van der Waals surface area contributed by atoms with Crippen LogP contribution in [0.4, 0.5) is 0 Å². The van der Waals surface area contributed by atoms with Crippen molar-refractivity contribution in [3.63, 3.8) is 0 Å². The van der Waals surface area contributed by atoms with Gasteiger partial charge in [-0.15, -0.1) is 0 Å². The molecule has 5 nitrogen and oxygen atoms in total. The molecule has 1 aromatic heterocycles. The van der Waals surface area contributed by atoms with Crippen LogP contribution in [0.25, 0.3) is 0 Å². The molecule has 0 saturated carbocycles. The van der Waals surface area contributed by atoms with Gasteiger partial charge in [0.15, 0.2) is 5.69 Å². The molecule has 110 valence electrons. The molecule has 3 rings (SSSR count). The van der Waals surface area contributed by atoms with Crippen LogP contribution in [0.5, 0.6) is 5.75 Å². The first-order valence-electron chi connectivity index (χ1n) is 7.15. The van der Waals surface area contributed by atoms with Crippen LogP contribution in [0.3, 0.4) is 0 Å². The van der Waals surface area contributed by atoms with E-state index in [2.05, 4.69) is 10.4 Å². The Balaban J connectivity index is 1.74. The topological polar surface area (TPSA) is 56.1 Å².